The second-order valence-electron chi connectivity index (χ2n) is 4.04. The van der Waals surface area contributed by atoms with Crippen LogP contribution in [0.25, 0.3) is 0 Å². The predicted octanol–water partition coefficient (Wildman–Crippen LogP) is 1.11. The minimum absolute atomic E-state index is 0.172. The summed E-state index contributed by atoms with van der Waals surface area (Å²) in [6, 6.07) is 0. The minimum Gasteiger partial charge on any atom is -0.393 e. The zero-order valence-corrected chi connectivity index (χ0v) is 10.7. The number of rotatable bonds is 8. The standard InChI is InChI=1S/C10H23NO3S/c1-4-9(3)8-15(13,14)11-7-6-10(12)5-2/h9-12H,4-8H2,1-3H3. The Morgan fingerprint density at radius 3 is 2.33 bits per heavy atom. The third kappa shape index (κ3) is 7.76. The van der Waals surface area contributed by atoms with Gasteiger partial charge in [0.15, 0.2) is 0 Å². The number of nitrogens with one attached hydrogen (secondary N) is 1. The van der Waals surface area contributed by atoms with Crippen molar-refractivity contribution < 1.29 is 13.5 Å². The molecule has 2 atom stereocenters. The van der Waals surface area contributed by atoms with E-state index in [0.29, 0.717) is 19.4 Å². The van der Waals surface area contributed by atoms with Crippen LogP contribution in [0.5, 0.6) is 0 Å². The Kier molecular flexibility index (Phi) is 7.13. The molecular weight excluding hydrogens is 214 g/mol. The lowest BCUT2D eigenvalue weighted by Crippen LogP contribution is -2.31. The zero-order valence-electron chi connectivity index (χ0n) is 9.86. The first-order chi connectivity index (χ1) is 6.91. The van der Waals surface area contributed by atoms with E-state index in [0.717, 1.165) is 6.42 Å². The molecule has 15 heavy (non-hydrogen) atoms. The van der Waals surface area contributed by atoms with E-state index >= 15 is 0 Å². The molecular formula is C10H23NO3S. The molecule has 0 fully saturated rings. The molecule has 0 aliphatic carbocycles. The Morgan fingerprint density at radius 2 is 1.87 bits per heavy atom. The van der Waals surface area contributed by atoms with E-state index in [1.807, 2.05) is 20.8 Å². The van der Waals surface area contributed by atoms with Gasteiger partial charge in [0, 0.05) is 6.54 Å². The first-order valence-electron chi connectivity index (χ1n) is 5.56. The zero-order chi connectivity index (χ0) is 11.9. The van der Waals surface area contributed by atoms with Gasteiger partial charge in [-0.15, -0.1) is 0 Å². The second-order valence-corrected chi connectivity index (χ2v) is 5.89. The molecule has 0 saturated carbocycles. The van der Waals surface area contributed by atoms with Crippen LogP contribution in [0.15, 0.2) is 0 Å². The SMILES string of the molecule is CCC(C)CS(=O)(=O)NCCC(O)CC. The van der Waals surface area contributed by atoms with Crippen LogP contribution < -0.4 is 4.72 Å². The van der Waals surface area contributed by atoms with Gasteiger partial charge < -0.3 is 5.11 Å². The van der Waals surface area contributed by atoms with Gasteiger partial charge in [0.1, 0.15) is 0 Å². The van der Waals surface area contributed by atoms with Gasteiger partial charge in [0.25, 0.3) is 0 Å². The number of hydrogen-bond donors (Lipinski definition) is 2. The van der Waals surface area contributed by atoms with E-state index in [4.69, 9.17) is 0 Å². The smallest absolute Gasteiger partial charge is 0.211 e. The van der Waals surface area contributed by atoms with Crippen molar-refractivity contribution >= 4 is 10.0 Å². The van der Waals surface area contributed by atoms with E-state index in [2.05, 4.69) is 4.72 Å². The summed E-state index contributed by atoms with van der Waals surface area (Å²) in [4.78, 5) is 0. The van der Waals surface area contributed by atoms with Gasteiger partial charge in [-0.25, -0.2) is 13.1 Å². The monoisotopic (exact) mass is 237 g/mol. The molecule has 2 unspecified atom stereocenters. The van der Waals surface area contributed by atoms with Crippen molar-refractivity contribution in [3.63, 3.8) is 0 Å². The molecule has 0 heterocycles. The highest BCUT2D eigenvalue weighted by Crippen LogP contribution is 2.04. The summed E-state index contributed by atoms with van der Waals surface area (Å²) >= 11 is 0. The van der Waals surface area contributed by atoms with Gasteiger partial charge >= 0.3 is 0 Å². The van der Waals surface area contributed by atoms with E-state index in [9.17, 15) is 13.5 Å². The molecule has 5 heteroatoms. The van der Waals surface area contributed by atoms with Crippen LogP contribution in [0.2, 0.25) is 0 Å². The van der Waals surface area contributed by atoms with Gasteiger partial charge in [-0.1, -0.05) is 27.2 Å². The van der Waals surface area contributed by atoms with Gasteiger partial charge in [-0.2, -0.15) is 0 Å². The highest BCUT2D eigenvalue weighted by molar-refractivity contribution is 7.89. The maximum absolute atomic E-state index is 11.5. The molecule has 92 valence electrons. The van der Waals surface area contributed by atoms with Gasteiger partial charge in [-0.3, -0.25) is 0 Å². The molecule has 0 aliphatic heterocycles. The van der Waals surface area contributed by atoms with Crippen molar-refractivity contribution in [2.75, 3.05) is 12.3 Å². The van der Waals surface area contributed by atoms with Crippen LogP contribution in [0.1, 0.15) is 40.0 Å². The molecule has 4 nitrogen and oxygen atoms in total. The van der Waals surface area contributed by atoms with Crippen molar-refractivity contribution in [1.29, 1.82) is 0 Å². The molecule has 0 amide bonds. The minimum atomic E-state index is -3.16. The van der Waals surface area contributed by atoms with Crippen molar-refractivity contribution in [3.8, 4) is 0 Å². The summed E-state index contributed by atoms with van der Waals surface area (Å²) in [5, 5.41) is 9.25. The Hall–Kier alpha value is -0.130. The average Bonchev–Trinajstić information content (AvgIpc) is 2.16. The van der Waals surface area contributed by atoms with Crippen molar-refractivity contribution in [1.82, 2.24) is 4.72 Å². The first-order valence-corrected chi connectivity index (χ1v) is 7.21. The van der Waals surface area contributed by atoms with Crippen LogP contribution in [0, 0.1) is 5.92 Å². The van der Waals surface area contributed by atoms with Gasteiger partial charge in [0.2, 0.25) is 10.0 Å². The lowest BCUT2D eigenvalue weighted by Gasteiger charge is -2.12. The summed E-state index contributed by atoms with van der Waals surface area (Å²) in [5.41, 5.74) is 0. The molecule has 0 aromatic heterocycles. The van der Waals surface area contributed by atoms with Crippen LogP contribution >= 0.6 is 0 Å². The fourth-order valence-corrected chi connectivity index (χ4v) is 2.67. The molecule has 2 N–H and O–H groups in total. The Bertz CT molecular complexity index is 251. The van der Waals surface area contributed by atoms with E-state index in [1.165, 1.54) is 0 Å². The van der Waals surface area contributed by atoms with Crippen LogP contribution in [0.4, 0.5) is 0 Å². The highest BCUT2D eigenvalue weighted by atomic mass is 32.2. The Labute approximate surface area is 93.1 Å². The number of aliphatic hydroxyl groups is 1. The van der Waals surface area contributed by atoms with Gasteiger partial charge in [0.05, 0.1) is 11.9 Å². The summed E-state index contributed by atoms with van der Waals surface area (Å²) < 4.78 is 25.5. The quantitative estimate of drug-likeness (QED) is 0.664. The Morgan fingerprint density at radius 1 is 1.27 bits per heavy atom. The third-order valence-electron chi connectivity index (χ3n) is 2.47. The normalized spacial score (nSPS) is 16.3. The molecule has 0 rings (SSSR count). The fraction of sp³-hybridized carbons (Fsp3) is 1.00. The van der Waals surface area contributed by atoms with Crippen molar-refractivity contribution in [2.45, 2.75) is 46.1 Å². The number of hydrogen-bond acceptors (Lipinski definition) is 3. The largest absolute Gasteiger partial charge is 0.393 e. The average molecular weight is 237 g/mol. The predicted molar refractivity (Wildman–Crippen MR) is 62.2 cm³/mol. The molecule has 0 aliphatic rings. The van der Waals surface area contributed by atoms with E-state index in [-0.39, 0.29) is 11.7 Å². The third-order valence-corrected chi connectivity index (χ3v) is 4.12. The highest BCUT2D eigenvalue weighted by Gasteiger charge is 2.14. The maximum atomic E-state index is 11.5. The lowest BCUT2D eigenvalue weighted by molar-refractivity contribution is 0.162. The lowest BCUT2D eigenvalue weighted by atomic mass is 10.2. The summed E-state index contributed by atoms with van der Waals surface area (Å²) in [5.74, 6) is 0.352. The summed E-state index contributed by atoms with van der Waals surface area (Å²) in [6.07, 6.45) is 1.60. The maximum Gasteiger partial charge on any atom is 0.211 e. The number of aliphatic hydroxyl groups excluding tert-OH is 1. The van der Waals surface area contributed by atoms with Crippen molar-refractivity contribution in [2.24, 2.45) is 5.92 Å². The topological polar surface area (TPSA) is 66.4 Å². The first kappa shape index (κ1) is 14.9. The molecule has 0 aromatic carbocycles. The van der Waals surface area contributed by atoms with Crippen LogP contribution in [-0.4, -0.2) is 31.9 Å². The molecule has 0 spiro atoms. The number of sulfonamides is 1. The fourth-order valence-electron chi connectivity index (χ4n) is 1.14. The summed E-state index contributed by atoms with van der Waals surface area (Å²) in [7, 11) is -3.16. The van der Waals surface area contributed by atoms with E-state index < -0.39 is 16.1 Å². The van der Waals surface area contributed by atoms with Crippen LogP contribution in [-0.2, 0) is 10.0 Å². The second kappa shape index (κ2) is 7.19. The summed E-state index contributed by atoms with van der Waals surface area (Å²) in [6.45, 7) is 6.09. The van der Waals surface area contributed by atoms with Crippen molar-refractivity contribution in [3.05, 3.63) is 0 Å². The molecule has 0 saturated heterocycles. The van der Waals surface area contributed by atoms with Gasteiger partial charge in [-0.05, 0) is 18.8 Å². The van der Waals surface area contributed by atoms with E-state index in [1.54, 1.807) is 0 Å². The molecule has 0 radical (unpaired) electrons. The van der Waals surface area contributed by atoms with Crippen LogP contribution in [0.3, 0.4) is 0 Å². The Balaban J connectivity index is 3.85. The molecule has 0 aromatic rings. The molecule has 0 bridgehead atoms.